The second kappa shape index (κ2) is 4.06. The molecule has 1 rings (SSSR count). The highest BCUT2D eigenvalue weighted by atomic mass is 16.4. The van der Waals surface area contributed by atoms with Crippen molar-refractivity contribution < 1.29 is 9.90 Å². The topological polar surface area (TPSA) is 105 Å². The molecule has 0 amide bonds. The van der Waals surface area contributed by atoms with Crippen LogP contribution >= 0.6 is 0 Å². The van der Waals surface area contributed by atoms with Crippen LogP contribution in [0.3, 0.4) is 0 Å². The zero-order valence-corrected chi connectivity index (χ0v) is 7.10. The van der Waals surface area contributed by atoms with Crippen LogP contribution in [0.2, 0.25) is 0 Å². The molecular weight excluding hydrogens is 170 g/mol. The molecule has 0 aliphatic heterocycles. The fraction of sp³-hybridized carbons (Fsp3) is 0.375. The average molecular weight is 183 g/mol. The van der Waals surface area contributed by atoms with E-state index in [1.54, 1.807) is 18.5 Å². The number of aromatic nitrogens is 1. The van der Waals surface area contributed by atoms with Gasteiger partial charge in [-0.05, 0) is 18.1 Å². The number of nitrogens with two attached hydrogens (primary N) is 2. The lowest BCUT2D eigenvalue weighted by Gasteiger charge is -2.12. The summed E-state index contributed by atoms with van der Waals surface area (Å²) in [5.41, 5.74) is 11.9. The number of carboxylic acids is 1. The molecule has 0 aliphatic rings. The number of H-pyrrole nitrogens is 1. The van der Waals surface area contributed by atoms with Gasteiger partial charge in [0, 0.05) is 18.4 Å². The molecule has 2 unspecified atom stereocenters. The highest BCUT2D eigenvalue weighted by Gasteiger charge is 2.16. The Kier molecular flexibility index (Phi) is 3.05. The van der Waals surface area contributed by atoms with Crippen molar-refractivity contribution in [1.29, 1.82) is 0 Å². The first kappa shape index (κ1) is 9.76. The normalized spacial score (nSPS) is 15.2. The maximum absolute atomic E-state index is 10.4. The number of aliphatic carboxylic acids is 1. The van der Waals surface area contributed by atoms with Gasteiger partial charge in [0.15, 0.2) is 0 Å². The van der Waals surface area contributed by atoms with E-state index >= 15 is 0 Å². The van der Waals surface area contributed by atoms with Gasteiger partial charge in [0.05, 0.1) is 0 Å². The van der Waals surface area contributed by atoms with Crippen molar-refractivity contribution in [2.45, 2.75) is 18.5 Å². The van der Waals surface area contributed by atoms with E-state index in [-0.39, 0.29) is 12.5 Å². The van der Waals surface area contributed by atoms with Crippen molar-refractivity contribution in [3.8, 4) is 0 Å². The molecule has 13 heavy (non-hydrogen) atoms. The molecule has 72 valence electrons. The number of hydrogen-bond acceptors (Lipinski definition) is 3. The number of rotatable bonds is 4. The minimum absolute atomic E-state index is 0.243. The third-order valence-corrected chi connectivity index (χ3v) is 1.88. The van der Waals surface area contributed by atoms with Gasteiger partial charge in [-0.2, -0.15) is 0 Å². The Morgan fingerprint density at radius 2 is 2.31 bits per heavy atom. The summed E-state index contributed by atoms with van der Waals surface area (Å²) < 4.78 is 0. The Morgan fingerprint density at radius 3 is 2.77 bits per heavy atom. The second-order valence-corrected chi connectivity index (χ2v) is 2.93. The van der Waals surface area contributed by atoms with Crippen LogP contribution in [0.4, 0.5) is 0 Å². The summed E-state index contributed by atoms with van der Waals surface area (Å²) in [6.07, 6.45) is 3.72. The molecular formula is C8H13N3O2. The van der Waals surface area contributed by atoms with Gasteiger partial charge in [0.2, 0.25) is 0 Å². The second-order valence-electron chi connectivity index (χ2n) is 2.93. The van der Waals surface area contributed by atoms with Crippen LogP contribution in [0, 0.1) is 0 Å². The number of hydrogen-bond donors (Lipinski definition) is 4. The van der Waals surface area contributed by atoms with Crippen molar-refractivity contribution in [3.05, 3.63) is 24.0 Å². The zero-order valence-electron chi connectivity index (χ0n) is 7.10. The number of nitrogens with one attached hydrogen (secondary N) is 1. The highest BCUT2D eigenvalue weighted by molar-refractivity contribution is 5.73. The Morgan fingerprint density at radius 1 is 1.62 bits per heavy atom. The molecule has 0 bridgehead atoms. The van der Waals surface area contributed by atoms with Gasteiger partial charge in [-0.3, -0.25) is 4.79 Å². The van der Waals surface area contributed by atoms with Crippen LogP contribution in [-0.2, 0) is 4.79 Å². The lowest BCUT2D eigenvalue weighted by atomic mass is 10.0. The van der Waals surface area contributed by atoms with Gasteiger partial charge in [-0.1, -0.05) is 0 Å². The largest absolute Gasteiger partial charge is 0.480 e. The maximum atomic E-state index is 10.4. The summed E-state index contributed by atoms with van der Waals surface area (Å²) in [7, 11) is 0. The van der Waals surface area contributed by atoms with Crippen LogP contribution in [-0.4, -0.2) is 22.1 Å². The molecule has 0 spiro atoms. The Labute approximate surface area is 75.7 Å². The third kappa shape index (κ3) is 2.57. The van der Waals surface area contributed by atoms with Gasteiger partial charge < -0.3 is 21.6 Å². The van der Waals surface area contributed by atoms with Crippen LogP contribution in [0.5, 0.6) is 0 Å². The lowest BCUT2D eigenvalue weighted by Crippen LogP contribution is -2.33. The first-order chi connectivity index (χ1) is 6.11. The summed E-state index contributed by atoms with van der Waals surface area (Å²) in [4.78, 5) is 13.3. The third-order valence-electron chi connectivity index (χ3n) is 1.88. The van der Waals surface area contributed by atoms with Crippen molar-refractivity contribution >= 4 is 5.97 Å². The molecule has 0 fully saturated rings. The Balaban J connectivity index is 2.51. The Hall–Kier alpha value is -1.33. The molecule has 2 atom stereocenters. The zero-order chi connectivity index (χ0) is 9.84. The lowest BCUT2D eigenvalue weighted by molar-refractivity contribution is -0.138. The molecule has 0 saturated heterocycles. The monoisotopic (exact) mass is 183 g/mol. The molecule has 0 aliphatic carbocycles. The van der Waals surface area contributed by atoms with Crippen molar-refractivity contribution in [3.63, 3.8) is 0 Å². The van der Waals surface area contributed by atoms with Gasteiger partial charge in [-0.25, -0.2) is 0 Å². The molecule has 5 nitrogen and oxygen atoms in total. The van der Waals surface area contributed by atoms with Crippen molar-refractivity contribution in [2.75, 3.05) is 0 Å². The van der Waals surface area contributed by atoms with E-state index in [1.807, 2.05) is 0 Å². The van der Waals surface area contributed by atoms with Gasteiger partial charge in [-0.15, -0.1) is 0 Å². The minimum atomic E-state index is -1.02. The summed E-state index contributed by atoms with van der Waals surface area (Å²) in [5.74, 6) is -1.02. The van der Waals surface area contributed by atoms with Crippen LogP contribution in [0.1, 0.15) is 18.0 Å². The van der Waals surface area contributed by atoms with Crippen molar-refractivity contribution in [2.24, 2.45) is 11.5 Å². The van der Waals surface area contributed by atoms with Crippen LogP contribution in [0.15, 0.2) is 18.5 Å². The van der Waals surface area contributed by atoms with E-state index in [9.17, 15) is 4.79 Å². The maximum Gasteiger partial charge on any atom is 0.320 e. The highest BCUT2D eigenvalue weighted by Crippen LogP contribution is 2.13. The molecule has 1 aromatic heterocycles. The molecule has 0 radical (unpaired) electrons. The standard InChI is InChI=1S/C8H13N3O2/c9-6(3-7(10)8(12)13)5-1-2-11-4-5/h1-2,4,6-7,11H,3,9-10H2,(H,12,13). The minimum Gasteiger partial charge on any atom is -0.480 e. The molecule has 0 saturated carbocycles. The molecule has 6 N–H and O–H groups in total. The van der Waals surface area contributed by atoms with Gasteiger partial charge in [0.1, 0.15) is 6.04 Å². The smallest absolute Gasteiger partial charge is 0.320 e. The molecule has 1 heterocycles. The summed E-state index contributed by atoms with van der Waals surface area (Å²) in [6, 6.07) is 0.585. The van der Waals surface area contributed by atoms with E-state index < -0.39 is 12.0 Å². The quantitative estimate of drug-likeness (QED) is 0.519. The average Bonchev–Trinajstić information content (AvgIpc) is 2.55. The fourth-order valence-corrected chi connectivity index (χ4v) is 1.08. The number of carboxylic acid groups (broad SMARTS) is 1. The Bertz CT molecular complexity index is 271. The van der Waals surface area contributed by atoms with Crippen LogP contribution < -0.4 is 11.5 Å². The summed E-state index contributed by atoms with van der Waals surface area (Å²) in [5, 5.41) is 8.54. The first-order valence-electron chi connectivity index (χ1n) is 3.98. The van der Waals surface area contributed by atoms with E-state index in [0.29, 0.717) is 0 Å². The van der Waals surface area contributed by atoms with Gasteiger partial charge in [0.25, 0.3) is 0 Å². The summed E-state index contributed by atoms with van der Waals surface area (Å²) >= 11 is 0. The molecule has 1 aromatic rings. The van der Waals surface area contributed by atoms with E-state index in [1.165, 1.54) is 0 Å². The van der Waals surface area contributed by atoms with E-state index in [4.69, 9.17) is 16.6 Å². The van der Waals surface area contributed by atoms with E-state index in [0.717, 1.165) is 5.56 Å². The predicted molar refractivity (Wildman–Crippen MR) is 47.9 cm³/mol. The fourth-order valence-electron chi connectivity index (χ4n) is 1.08. The molecule has 5 heteroatoms. The van der Waals surface area contributed by atoms with E-state index in [2.05, 4.69) is 4.98 Å². The number of aromatic amines is 1. The predicted octanol–water partition coefficient (Wildman–Crippen LogP) is -0.184. The van der Waals surface area contributed by atoms with Crippen LogP contribution in [0.25, 0.3) is 0 Å². The summed E-state index contributed by atoms with van der Waals surface area (Å²) in [6.45, 7) is 0. The SMILES string of the molecule is NC(CC(N)c1cc[nH]c1)C(=O)O. The number of carbonyl (C=O) groups is 1. The molecule has 0 aromatic carbocycles. The van der Waals surface area contributed by atoms with Gasteiger partial charge >= 0.3 is 5.97 Å². The first-order valence-corrected chi connectivity index (χ1v) is 3.98. The van der Waals surface area contributed by atoms with Crippen molar-refractivity contribution in [1.82, 2.24) is 4.98 Å².